The molecule has 22 heavy (non-hydrogen) atoms. The molecule has 0 aliphatic heterocycles. The lowest BCUT2D eigenvalue weighted by Gasteiger charge is -2.04. The van der Waals surface area contributed by atoms with Crippen molar-refractivity contribution in [2.45, 2.75) is 0 Å². The fourth-order valence-corrected chi connectivity index (χ4v) is 4.71. The van der Waals surface area contributed by atoms with Gasteiger partial charge in [0.15, 0.2) is 0 Å². The Morgan fingerprint density at radius 2 is 1.64 bits per heavy atom. The first-order valence-electron chi connectivity index (χ1n) is 6.90. The van der Waals surface area contributed by atoms with E-state index in [1.807, 2.05) is 30.6 Å². The zero-order valence-electron chi connectivity index (χ0n) is 11.9. The summed E-state index contributed by atoms with van der Waals surface area (Å²) in [6.07, 6.45) is 3.74. The lowest BCUT2D eigenvalue weighted by atomic mass is 10.0. The minimum atomic E-state index is 0.882. The van der Waals surface area contributed by atoms with Gasteiger partial charge in [-0.1, -0.05) is 18.2 Å². The SMILES string of the molecule is COc1ccc(-c2csc3scc(-c4cccnc4)c23)cc1. The molecular formula is C18H13NOS2. The number of hydrogen-bond donors (Lipinski definition) is 0. The van der Waals surface area contributed by atoms with Crippen LogP contribution in [-0.2, 0) is 0 Å². The zero-order chi connectivity index (χ0) is 14.9. The van der Waals surface area contributed by atoms with Crippen molar-refractivity contribution in [1.29, 1.82) is 0 Å². The quantitative estimate of drug-likeness (QED) is 0.482. The summed E-state index contributed by atoms with van der Waals surface area (Å²) >= 11 is 3.60. The highest BCUT2D eigenvalue weighted by atomic mass is 32.2. The Bertz CT molecular complexity index is 907. The highest BCUT2D eigenvalue weighted by Gasteiger charge is 2.14. The van der Waals surface area contributed by atoms with Crippen molar-refractivity contribution < 1.29 is 4.74 Å². The number of fused-ring (bicyclic) bond motifs is 1. The molecule has 0 fully saturated rings. The van der Waals surface area contributed by atoms with Gasteiger partial charge in [-0.05, 0) is 23.8 Å². The molecule has 0 amide bonds. The van der Waals surface area contributed by atoms with E-state index in [1.165, 1.54) is 31.7 Å². The zero-order valence-corrected chi connectivity index (χ0v) is 13.6. The van der Waals surface area contributed by atoms with Gasteiger partial charge in [0.1, 0.15) is 5.75 Å². The Hall–Kier alpha value is -2.17. The molecule has 3 aromatic heterocycles. The molecule has 2 nitrogen and oxygen atoms in total. The summed E-state index contributed by atoms with van der Waals surface area (Å²) in [5.41, 5.74) is 4.93. The van der Waals surface area contributed by atoms with Crippen LogP contribution in [0.4, 0.5) is 0 Å². The van der Waals surface area contributed by atoms with Crippen molar-refractivity contribution in [3.63, 3.8) is 0 Å². The molecule has 3 heterocycles. The molecule has 0 bridgehead atoms. The molecule has 108 valence electrons. The normalized spacial score (nSPS) is 11.0. The van der Waals surface area contributed by atoms with Gasteiger partial charge in [-0.3, -0.25) is 4.98 Å². The van der Waals surface area contributed by atoms with Crippen LogP contribution >= 0.6 is 22.7 Å². The fraction of sp³-hybridized carbons (Fsp3) is 0.0556. The van der Waals surface area contributed by atoms with Crippen LogP contribution in [0.1, 0.15) is 0 Å². The van der Waals surface area contributed by atoms with Gasteiger partial charge in [0, 0.05) is 45.2 Å². The van der Waals surface area contributed by atoms with Gasteiger partial charge in [-0.25, -0.2) is 0 Å². The summed E-state index contributed by atoms with van der Waals surface area (Å²) < 4.78 is 6.60. The third-order valence-electron chi connectivity index (χ3n) is 3.68. The maximum Gasteiger partial charge on any atom is 0.118 e. The lowest BCUT2D eigenvalue weighted by molar-refractivity contribution is 0.415. The number of pyridine rings is 1. The molecule has 4 heteroatoms. The Morgan fingerprint density at radius 3 is 2.27 bits per heavy atom. The molecular weight excluding hydrogens is 310 g/mol. The largest absolute Gasteiger partial charge is 0.497 e. The Labute approximate surface area is 136 Å². The molecule has 0 saturated carbocycles. The van der Waals surface area contributed by atoms with Crippen LogP contribution in [0.2, 0.25) is 0 Å². The van der Waals surface area contributed by atoms with Crippen LogP contribution < -0.4 is 4.74 Å². The topological polar surface area (TPSA) is 22.1 Å². The van der Waals surface area contributed by atoms with E-state index >= 15 is 0 Å². The monoisotopic (exact) mass is 323 g/mol. The van der Waals surface area contributed by atoms with E-state index < -0.39 is 0 Å². The van der Waals surface area contributed by atoms with Crippen LogP contribution in [0.25, 0.3) is 31.7 Å². The fourth-order valence-electron chi connectivity index (χ4n) is 2.57. The molecule has 0 saturated heterocycles. The first kappa shape index (κ1) is 13.5. The van der Waals surface area contributed by atoms with Gasteiger partial charge < -0.3 is 4.74 Å². The second kappa shape index (κ2) is 5.55. The Morgan fingerprint density at radius 1 is 0.909 bits per heavy atom. The summed E-state index contributed by atoms with van der Waals surface area (Å²) in [5, 5.41) is 5.79. The Balaban J connectivity index is 1.90. The first-order chi connectivity index (χ1) is 10.9. The predicted octanol–water partition coefficient (Wildman–Crippen LogP) is 5.70. The predicted molar refractivity (Wildman–Crippen MR) is 94.9 cm³/mol. The van der Waals surface area contributed by atoms with Crippen LogP contribution in [0, 0.1) is 0 Å². The van der Waals surface area contributed by atoms with Gasteiger partial charge in [0.2, 0.25) is 0 Å². The van der Waals surface area contributed by atoms with Crippen LogP contribution in [0.15, 0.2) is 59.6 Å². The third-order valence-corrected chi connectivity index (χ3v) is 5.80. The molecule has 4 aromatic rings. The van der Waals surface area contributed by atoms with Crippen molar-refractivity contribution in [2.75, 3.05) is 7.11 Å². The maximum absolute atomic E-state index is 5.25. The van der Waals surface area contributed by atoms with Crippen molar-refractivity contribution >= 4 is 32.1 Å². The minimum absolute atomic E-state index is 0.882. The van der Waals surface area contributed by atoms with Crippen LogP contribution in [-0.4, -0.2) is 12.1 Å². The number of ether oxygens (including phenoxy) is 1. The maximum atomic E-state index is 5.25. The third kappa shape index (κ3) is 2.21. The van der Waals surface area contributed by atoms with Gasteiger partial charge >= 0.3 is 0 Å². The van der Waals surface area contributed by atoms with Crippen molar-refractivity contribution in [2.24, 2.45) is 0 Å². The van der Waals surface area contributed by atoms with E-state index in [0.29, 0.717) is 0 Å². The highest BCUT2D eigenvalue weighted by molar-refractivity contribution is 7.37. The molecule has 0 unspecified atom stereocenters. The average Bonchev–Trinajstić information content (AvgIpc) is 3.17. The summed E-state index contributed by atoms with van der Waals surface area (Å²) in [5.74, 6) is 0.882. The molecule has 1 aromatic carbocycles. The van der Waals surface area contributed by atoms with E-state index in [1.54, 1.807) is 29.8 Å². The van der Waals surface area contributed by atoms with Gasteiger partial charge in [-0.15, -0.1) is 22.7 Å². The number of thiophene rings is 2. The summed E-state index contributed by atoms with van der Waals surface area (Å²) in [6.45, 7) is 0. The van der Waals surface area contributed by atoms with Crippen LogP contribution in [0.5, 0.6) is 5.75 Å². The molecule has 0 aliphatic rings. The lowest BCUT2D eigenvalue weighted by Crippen LogP contribution is -1.82. The summed E-state index contributed by atoms with van der Waals surface area (Å²) in [4.78, 5) is 4.25. The first-order valence-corrected chi connectivity index (χ1v) is 8.66. The molecule has 0 radical (unpaired) electrons. The number of methoxy groups -OCH3 is 1. The van der Waals surface area contributed by atoms with Gasteiger partial charge in [-0.2, -0.15) is 0 Å². The van der Waals surface area contributed by atoms with Crippen LogP contribution in [0.3, 0.4) is 0 Å². The summed E-state index contributed by atoms with van der Waals surface area (Å²) in [6, 6.07) is 12.3. The molecule has 0 atom stereocenters. The Kier molecular flexibility index (Phi) is 3.41. The number of hydrogen-bond acceptors (Lipinski definition) is 4. The highest BCUT2D eigenvalue weighted by Crippen LogP contribution is 2.44. The molecule has 4 rings (SSSR count). The number of benzene rings is 1. The number of rotatable bonds is 3. The average molecular weight is 323 g/mol. The second-order valence-corrected chi connectivity index (χ2v) is 6.95. The van der Waals surface area contributed by atoms with Crippen molar-refractivity contribution in [3.05, 3.63) is 59.6 Å². The van der Waals surface area contributed by atoms with E-state index in [-0.39, 0.29) is 0 Å². The second-order valence-electron chi connectivity index (χ2n) is 4.93. The molecule has 0 aliphatic carbocycles. The minimum Gasteiger partial charge on any atom is -0.497 e. The van der Waals surface area contributed by atoms with E-state index in [0.717, 1.165) is 5.75 Å². The smallest absolute Gasteiger partial charge is 0.118 e. The van der Waals surface area contributed by atoms with E-state index in [2.05, 4.69) is 33.9 Å². The van der Waals surface area contributed by atoms with Crippen molar-refractivity contribution in [3.8, 4) is 28.0 Å². The van der Waals surface area contributed by atoms with E-state index in [4.69, 9.17) is 4.74 Å². The summed E-state index contributed by atoms with van der Waals surface area (Å²) in [7, 11) is 1.69. The van der Waals surface area contributed by atoms with E-state index in [9.17, 15) is 0 Å². The van der Waals surface area contributed by atoms with Crippen molar-refractivity contribution in [1.82, 2.24) is 4.98 Å². The number of nitrogens with zero attached hydrogens (tertiary/aromatic N) is 1. The van der Waals surface area contributed by atoms with Gasteiger partial charge in [0.25, 0.3) is 0 Å². The standard InChI is InChI=1S/C18H13NOS2/c1-20-14-6-4-12(5-7-14)15-10-21-18-17(15)16(11-22-18)13-3-2-8-19-9-13/h2-11H,1H3. The van der Waals surface area contributed by atoms with Gasteiger partial charge in [0.05, 0.1) is 11.1 Å². The molecule has 0 N–H and O–H groups in total. The number of aromatic nitrogens is 1. The molecule has 0 spiro atoms.